The summed E-state index contributed by atoms with van der Waals surface area (Å²) >= 11 is 18.0. The molecular formula is C25H23BrCl2N4OS. The second-order valence-corrected chi connectivity index (χ2v) is 11.7. The summed E-state index contributed by atoms with van der Waals surface area (Å²) in [5.41, 5.74) is 5.32. The number of hydrazone groups is 1. The van der Waals surface area contributed by atoms with E-state index < -0.39 is 0 Å². The van der Waals surface area contributed by atoms with Crippen molar-refractivity contribution in [3.05, 3.63) is 84.9 Å². The number of hydrazine groups is 1. The van der Waals surface area contributed by atoms with Crippen molar-refractivity contribution in [2.75, 3.05) is 18.1 Å². The van der Waals surface area contributed by atoms with Crippen molar-refractivity contribution < 1.29 is 4.79 Å². The summed E-state index contributed by atoms with van der Waals surface area (Å²) in [6.07, 6.45) is 3.35. The number of benzene rings is 2. The molecule has 1 aromatic heterocycles. The molecule has 5 nitrogen and oxygen atoms in total. The minimum Gasteiger partial charge on any atom is -0.284 e. The van der Waals surface area contributed by atoms with Crippen LogP contribution in [0.3, 0.4) is 0 Å². The van der Waals surface area contributed by atoms with Crippen molar-refractivity contribution in [1.29, 1.82) is 0 Å². The van der Waals surface area contributed by atoms with Crippen molar-refractivity contribution in [2.24, 2.45) is 5.10 Å². The number of halogens is 3. The molecule has 3 heterocycles. The molecular weight excluding hydrogens is 555 g/mol. The molecule has 2 aromatic carbocycles. The zero-order valence-corrected chi connectivity index (χ0v) is 22.2. The smallest absolute Gasteiger partial charge is 0.282 e. The van der Waals surface area contributed by atoms with Crippen LogP contribution in [0, 0.1) is 0 Å². The van der Waals surface area contributed by atoms with E-state index >= 15 is 0 Å². The van der Waals surface area contributed by atoms with E-state index in [1.165, 1.54) is 6.42 Å². The lowest BCUT2D eigenvalue weighted by Crippen LogP contribution is -2.48. The summed E-state index contributed by atoms with van der Waals surface area (Å²) in [6, 6.07) is 19.3. The van der Waals surface area contributed by atoms with Gasteiger partial charge in [0.05, 0.1) is 26.5 Å². The zero-order chi connectivity index (χ0) is 23.7. The average Bonchev–Trinajstić information content (AvgIpc) is 3.44. The van der Waals surface area contributed by atoms with Crippen LogP contribution in [0.5, 0.6) is 0 Å². The minimum atomic E-state index is -0.275. The predicted molar refractivity (Wildman–Crippen MR) is 144 cm³/mol. The Bertz CT molecular complexity index is 1210. The first-order valence-electron chi connectivity index (χ1n) is 11.2. The van der Waals surface area contributed by atoms with Gasteiger partial charge in [0.15, 0.2) is 0 Å². The number of nitrogens with one attached hydrogen (secondary N) is 1. The molecule has 0 bridgehead atoms. The maximum absolute atomic E-state index is 13.6. The van der Waals surface area contributed by atoms with Gasteiger partial charge in [-0.25, -0.2) is 5.01 Å². The monoisotopic (exact) mass is 576 g/mol. The second kappa shape index (κ2) is 10.4. The van der Waals surface area contributed by atoms with Gasteiger partial charge >= 0.3 is 0 Å². The SMILES string of the molecule is O=C(NN1CCCCC1)C1=NN(c2ccc(Cl)cc2Cl)[C@@H](c2ccc(Br)s2)[C@@H]1c1ccccc1. The van der Waals surface area contributed by atoms with Crippen LogP contribution in [0.25, 0.3) is 0 Å². The van der Waals surface area contributed by atoms with Crippen LogP contribution in [-0.4, -0.2) is 29.7 Å². The summed E-state index contributed by atoms with van der Waals surface area (Å²) in [5.74, 6) is -0.452. The standard InChI is InChI=1S/C25H23BrCl2N4OS/c26-21-12-11-20(34-21)24-22(16-7-3-1-4-8-16)23(25(33)30-31-13-5-2-6-14-31)29-32(24)19-10-9-17(27)15-18(19)28/h1,3-4,7-12,15,22,24H,2,5-6,13-14H2,(H,30,33)/t22-,24+/m1/s1. The number of nitrogens with zero attached hydrogens (tertiary/aromatic N) is 3. The van der Waals surface area contributed by atoms with Crippen molar-refractivity contribution in [1.82, 2.24) is 10.4 Å². The van der Waals surface area contributed by atoms with E-state index in [-0.39, 0.29) is 17.9 Å². The predicted octanol–water partition coefficient (Wildman–Crippen LogP) is 7.04. The van der Waals surface area contributed by atoms with E-state index in [1.807, 2.05) is 40.3 Å². The molecule has 2 aliphatic heterocycles. The largest absolute Gasteiger partial charge is 0.284 e. The lowest BCUT2D eigenvalue weighted by molar-refractivity contribution is -0.119. The van der Waals surface area contributed by atoms with Crippen molar-refractivity contribution in [2.45, 2.75) is 31.2 Å². The van der Waals surface area contributed by atoms with Gasteiger partial charge in [-0.05, 0) is 64.7 Å². The van der Waals surface area contributed by atoms with Gasteiger partial charge in [0.25, 0.3) is 5.91 Å². The summed E-state index contributed by atoms with van der Waals surface area (Å²) in [4.78, 5) is 14.7. The Balaban J connectivity index is 1.61. The Morgan fingerprint density at radius 1 is 1.03 bits per heavy atom. The van der Waals surface area contributed by atoms with Gasteiger partial charge in [0.1, 0.15) is 5.71 Å². The molecule has 176 valence electrons. The van der Waals surface area contributed by atoms with Crippen LogP contribution in [0.15, 0.2) is 69.6 Å². The number of hydrogen-bond acceptors (Lipinski definition) is 5. The van der Waals surface area contributed by atoms with E-state index in [2.05, 4.69) is 39.6 Å². The van der Waals surface area contributed by atoms with E-state index in [0.29, 0.717) is 21.4 Å². The molecule has 34 heavy (non-hydrogen) atoms. The Morgan fingerprint density at radius 2 is 1.79 bits per heavy atom. The summed E-state index contributed by atoms with van der Waals surface area (Å²) < 4.78 is 1.02. The quantitative estimate of drug-likeness (QED) is 0.354. The molecule has 2 atom stereocenters. The van der Waals surface area contributed by atoms with Gasteiger partial charge in [-0.3, -0.25) is 15.2 Å². The second-order valence-electron chi connectivity index (χ2n) is 8.39. The van der Waals surface area contributed by atoms with E-state index in [4.69, 9.17) is 28.3 Å². The highest BCUT2D eigenvalue weighted by Gasteiger charge is 2.44. The van der Waals surface area contributed by atoms with E-state index in [0.717, 1.165) is 40.2 Å². The van der Waals surface area contributed by atoms with E-state index in [9.17, 15) is 4.79 Å². The van der Waals surface area contributed by atoms with Gasteiger partial charge < -0.3 is 0 Å². The van der Waals surface area contributed by atoms with Gasteiger partial charge in [-0.2, -0.15) is 5.10 Å². The third-order valence-electron chi connectivity index (χ3n) is 6.14. The van der Waals surface area contributed by atoms with Gasteiger partial charge in [-0.1, -0.05) is 60.0 Å². The number of carbonyl (C=O) groups is 1. The van der Waals surface area contributed by atoms with Crippen LogP contribution in [-0.2, 0) is 4.79 Å². The fraction of sp³-hybridized carbons (Fsp3) is 0.280. The number of rotatable bonds is 5. The Hall–Kier alpha value is -1.90. The molecule has 0 radical (unpaired) electrons. The molecule has 1 saturated heterocycles. The molecule has 1 N–H and O–H groups in total. The molecule has 0 aliphatic carbocycles. The topological polar surface area (TPSA) is 47.9 Å². The molecule has 2 aliphatic rings. The maximum Gasteiger partial charge on any atom is 0.282 e. The lowest BCUT2D eigenvalue weighted by atomic mass is 9.86. The highest BCUT2D eigenvalue weighted by atomic mass is 79.9. The van der Waals surface area contributed by atoms with E-state index in [1.54, 1.807) is 23.5 Å². The summed E-state index contributed by atoms with van der Waals surface area (Å²) in [6.45, 7) is 1.70. The van der Waals surface area contributed by atoms with Crippen molar-refractivity contribution >= 4 is 67.8 Å². The van der Waals surface area contributed by atoms with Crippen LogP contribution >= 0.6 is 50.5 Å². The fourth-order valence-electron chi connectivity index (χ4n) is 4.57. The molecule has 3 aromatic rings. The maximum atomic E-state index is 13.6. The Labute approximate surface area is 221 Å². The normalized spacial score (nSPS) is 20.9. The number of hydrogen-bond donors (Lipinski definition) is 1. The highest BCUT2D eigenvalue weighted by molar-refractivity contribution is 9.11. The van der Waals surface area contributed by atoms with Crippen LogP contribution in [0.2, 0.25) is 10.0 Å². The fourth-order valence-corrected chi connectivity index (χ4v) is 6.61. The first-order valence-corrected chi connectivity index (χ1v) is 13.6. The average molecular weight is 578 g/mol. The van der Waals surface area contributed by atoms with Crippen LogP contribution < -0.4 is 10.4 Å². The van der Waals surface area contributed by atoms with Gasteiger partial charge in [0.2, 0.25) is 0 Å². The Kier molecular flexibility index (Phi) is 7.27. The Morgan fingerprint density at radius 3 is 2.47 bits per heavy atom. The third kappa shape index (κ3) is 4.90. The summed E-state index contributed by atoms with van der Waals surface area (Å²) in [7, 11) is 0. The van der Waals surface area contributed by atoms with Gasteiger partial charge in [0, 0.05) is 23.0 Å². The van der Waals surface area contributed by atoms with Crippen LogP contribution in [0.1, 0.15) is 41.7 Å². The molecule has 0 saturated carbocycles. The number of piperidine rings is 1. The molecule has 0 unspecified atom stereocenters. The lowest BCUT2D eigenvalue weighted by Gasteiger charge is -2.29. The van der Waals surface area contributed by atoms with Crippen molar-refractivity contribution in [3.8, 4) is 0 Å². The molecule has 0 spiro atoms. The first kappa shape index (κ1) is 23.8. The number of thiophene rings is 1. The molecule has 9 heteroatoms. The van der Waals surface area contributed by atoms with Crippen molar-refractivity contribution in [3.63, 3.8) is 0 Å². The van der Waals surface area contributed by atoms with Crippen LogP contribution in [0.4, 0.5) is 5.69 Å². The molecule has 5 rings (SSSR count). The third-order valence-corrected chi connectivity index (χ3v) is 8.37. The zero-order valence-electron chi connectivity index (χ0n) is 18.3. The minimum absolute atomic E-state index is 0.177. The highest BCUT2D eigenvalue weighted by Crippen LogP contribution is 2.48. The number of anilines is 1. The summed E-state index contributed by atoms with van der Waals surface area (Å²) in [5, 5.41) is 9.83. The van der Waals surface area contributed by atoms with Gasteiger partial charge in [-0.15, -0.1) is 11.3 Å². The number of carbonyl (C=O) groups excluding carboxylic acids is 1. The molecule has 1 fully saturated rings. The first-order chi connectivity index (χ1) is 16.5. The number of amides is 1. The molecule has 1 amide bonds.